The van der Waals surface area contributed by atoms with Crippen molar-refractivity contribution in [2.75, 3.05) is 10.8 Å². The molecule has 0 saturated carbocycles. The van der Waals surface area contributed by atoms with Crippen LogP contribution in [0.2, 0.25) is 15.1 Å². The third-order valence-corrected chi connectivity index (χ3v) is 9.31. The second kappa shape index (κ2) is 13.7. The summed E-state index contributed by atoms with van der Waals surface area (Å²) in [6.45, 7) is 6.41. The molecule has 0 unspecified atom stereocenters. The zero-order chi connectivity index (χ0) is 29.6. The molecule has 3 aromatic rings. The van der Waals surface area contributed by atoms with E-state index < -0.39 is 28.5 Å². The number of halogens is 3. The molecule has 1 N–H and O–H groups in total. The Kier molecular flexibility index (Phi) is 10.9. The fraction of sp³-hybridized carbons (Fsp3) is 0.310. The Hall–Kier alpha value is -2.78. The standard InChI is InChI=1S/C29H32Cl3N3O4S/c1-5-20(3)33-29(37)21(4)34(17-24-25(31)12-9-13-26(24)32)28(36)18-35(27-15-14-22(30)16-19(27)2)40(38,39)23-10-7-6-8-11-23/h6-16,20-21H,5,17-18H2,1-4H3,(H,33,37)/t20-,21-/m0/s1. The molecule has 7 nitrogen and oxygen atoms in total. The van der Waals surface area contributed by atoms with E-state index in [0.717, 1.165) is 4.31 Å². The van der Waals surface area contributed by atoms with Gasteiger partial charge in [-0.05, 0) is 75.2 Å². The molecule has 0 fully saturated rings. The molecule has 3 rings (SSSR count). The van der Waals surface area contributed by atoms with Crippen molar-refractivity contribution in [2.24, 2.45) is 0 Å². The highest BCUT2D eigenvalue weighted by Crippen LogP contribution is 2.30. The van der Waals surface area contributed by atoms with E-state index in [9.17, 15) is 18.0 Å². The molecule has 0 heterocycles. The summed E-state index contributed by atoms with van der Waals surface area (Å²) in [7, 11) is -4.19. The van der Waals surface area contributed by atoms with Crippen LogP contribution in [0.3, 0.4) is 0 Å². The van der Waals surface area contributed by atoms with Crippen molar-refractivity contribution < 1.29 is 18.0 Å². The van der Waals surface area contributed by atoms with Crippen LogP contribution in [0.1, 0.15) is 38.3 Å². The molecule has 0 aliphatic rings. The number of benzene rings is 3. The van der Waals surface area contributed by atoms with Gasteiger partial charge in [-0.15, -0.1) is 0 Å². The smallest absolute Gasteiger partial charge is 0.264 e. The summed E-state index contributed by atoms with van der Waals surface area (Å²) in [6, 6.07) is 16.4. The van der Waals surface area contributed by atoms with Crippen LogP contribution < -0.4 is 9.62 Å². The molecule has 214 valence electrons. The number of rotatable bonds is 11. The summed E-state index contributed by atoms with van der Waals surface area (Å²) in [5.74, 6) is -0.998. The topological polar surface area (TPSA) is 86.8 Å². The van der Waals surface area contributed by atoms with Gasteiger partial charge in [-0.25, -0.2) is 8.42 Å². The first-order valence-electron chi connectivity index (χ1n) is 12.7. The Morgan fingerprint density at radius 3 is 2.12 bits per heavy atom. The van der Waals surface area contributed by atoms with Crippen LogP contribution in [0.25, 0.3) is 0 Å². The van der Waals surface area contributed by atoms with E-state index in [2.05, 4.69) is 5.32 Å². The van der Waals surface area contributed by atoms with Gasteiger partial charge in [0.25, 0.3) is 10.0 Å². The van der Waals surface area contributed by atoms with Crippen LogP contribution >= 0.6 is 34.8 Å². The number of carbonyl (C=O) groups excluding carboxylic acids is 2. The van der Waals surface area contributed by atoms with Gasteiger partial charge in [0.15, 0.2) is 0 Å². The van der Waals surface area contributed by atoms with E-state index in [1.807, 2.05) is 13.8 Å². The zero-order valence-corrected chi connectivity index (χ0v) is 25.8. The Bertz CT molecular complexity index is 1450. The first-order valence-corrected chi connectivity index (χ1v) is 15.3. The van der Waals surface area contributed by atoms with Crippen molar-refractivity contribution in [3.05, 3.63) is 92.9 Å². The number of nitrogens with one attached hydrogen (secondary N) is 1. The molecular weight excluding hydrogens is 593 g/mol. The highest BCUT2D eigenvalue weighted by Gasteiger charge is 2.33. The fourth-order valence-electron chi connectivity index (χ4n) is 4.03. The van der Waals surface area contributed by atoms with E-state index in [-0.39, 0.29) is 29.1 Å². The lowest BCUT2D eigenvalue weighted by molar-refractivity contribution is -0.139. The number of anilines is 1. The number of hydrogen-bond acceptors (Lipinski definition) is 4. The lowest BCUT2D eigenvalue weighted by Gasteiger charge is -2.33. The first-order chi connectivity index (χ1) is 18.9. The molecular formula is C29H32Cl3N3O4S. The van der Waals surface area contributed by atoms with Crippen LogP contribution in [0.5, 0.6) is 0 Å². The monoisotopic (exact) mass is 623 g/mol. The van der Waals surface area contributed by atoms with Gasteiger partial charge in [0.1, 0.15) is 12.6 Å². The predicted molar refractivity (Wildman–Crippen MR) is 162 cm³/mol. The molecule has 0 bridgehead atoms. The number of sulfonamides is 1. The van der Waals surface area contributed by atoms with Crippen molar-refractivity contribution >= 4 is 62.3 Å². The normalized spacial score (nSPS) is 12.9. The second-order valence-electron chi connectivity index (χ2n) is 9.47. The van der Waals surface area contributed by atoms with Gasteiger partial charge in [-0.1, -0.05) is 66.0 Å². The maximum absolute atomic E-state index is 14.0. The number of nitrogens with zero attached hydrogens (tertiary/aromatic N) is 2. The summed E-state index contributed by atoms with van der Waals surface area (Å²) in [5.41, 5.74) is 1.29. The van der Waals surface area contributed by atoms with Gasteiger partial charge < -0.3 is 10.2 Å². The van der Waals surface area contributed by atoms with Crippen LogP contribution in [0, 0.1) is 6.92 Å². The van der Waals surface area contributed by atoms with Crippen molar-refractivity contribution in [3.8, 4) is 0 Å². The highest BCUT2D eigenvalue weighted by molar-refractivity contribution is 7.92. The summed E-state index contributed by atoms with van der Waals surface area (Å²) >= 11 is 19.0. The lowest BCUT2D eigenvalue weighted by atomic mass is 10.1. The Labute approximate surface area is 251 Å². The lowest BCUT2D eigenvalue weighted by Crippen LogP contribution is -2.52. The van der Waals surface area contributed by atoms with Crippen molar-refractivity contribution in [1.82, 2.24) is 10.2 Å². The fourth-order valence-corrected chi connectivity index (χ4v) is 6.28. The van der Waals surface area contributed by atoms with Crippen molar-refractivity contribution in [3.63, 3.8) is 0 Å². The average Bonchev–Trinajstić information content (AvgIpc) is 2.91. The second-order valence-corrected chi connectivity index (χ2v) is 12.6. The number of amides is 2. The maximum Gasteiger partial charge on any atom is 0.264 e. The van der Waals surface area contributed by atoms with E-state index >= 15 is 0 Å². The van der Waals surface area contributed by atoms with Crippen molar-refractivity contribution in [2.45, 2.75) is 57.6 Å². The minimum absolute atomic E-state index is 0.0143. The third-order valence-electron chi connectivity index (χ3n) is 6.60. The molecule has 3 aromatic carbocycles. The molecule has 0 aromatic heterocycles. The van der Waals surface area contributed by atoms with E-state index in [4.69, 9.17) is 34.8 Å². The van der Waals surface area contributed by atoms with Gasteiger partial charge in [0.2, 0.25) is 11.8 Å². The molecule has 0 saturated heterocycles. The van der Waals surface area contributed by atoms with Crippen LogP contribution in [-0.4, -0.2) is 43.8 Å². The van der Waals surface area contributed by atoms with Gasteiger partial charge in [0.05, 0.1) is 10.6 Å². The van der Waals surface area contributed by atoms with Crippen LogP contribution in [-0.2, 0) is 26.2 Å². The number of hydrogen-bond donors (Lipinski definition) is 1. The quantitative estimate of drug-likeness (QED) is 0.265. The molecule has 0 aliphatic heterocycles. The minimum atomic E-state index is -4.19. The Morgan fingerprint density at radius 1 is 0.925 bits per heavy atom. The van der Waals surface area contributed by atoms with Gasteiger partial charge in [-0.3, -0.25) is 13.9 Å². The summed E-state index contributed by atoms with van der Waals surface area (Å²) < 4.78 is 28.8. The summed E-state index contributed by atoms with van der Waals surface area (Å²) in [4.78, 5) is 28.5. The Morgan fingerprint density at radius 2 is 1.55 bits per heavy atom. The maximum atomic E-state index is 14.0. The molecule has 2 amide bonds. The first kappa shape index (κ1) is 31.7. The Balaban J connectivity index is 2.09. The third kappa shape index (κ3) is 7.49. The molecule has 40 heavy (non-hydrogen) atoms. The molecule has 0 radical (unpaired) electrons. The number of carbonyl (C=O) groups is 2. The SMILES string of the molecule is CC[C@H](C)NC(=O)[C@H](C)N(Cc1c(Cl)cccc1Cl)C(=O)CN(c1ccc(Cl)cc1C)S(=O)(=O)c1ccccc1. The summed E-state index contributed by atoms with van der Waals surface area (Å²) in [6.07, 6.45) is 0.696. The van der Waals surface area contributed by atoms with Crippen molar-refractivity contribution in [1.29, 1.82) is 0 Å². The highest BCUT2D eigenvalue weighted by atomic mass is 35.5. The van der Waals surface area contributed by atoms with E-state index in [1.165, 1.54) is 17.0 Å². The van der Waals surface area contributed by atoms with Crippen LogP contribution in [0.15, 0.2) is 71.6 Å². The van der Waals surface area contributed by atoms with Gasteiger partial charge >= 0.3 is 0 Å². The van der Waals surface area contributed by atoms with E-state index in [0.29, 0.717) is 32.6 Å². The summed E-state index contributed by atoms with van der Waals surface area (Å²) in [5, 5.41) is 3.96. The average molecular weight is 625 g/mol. The molecule has 2 atom stereocenters. The molecule has 0 aliphatic carbocycles. The van der Waals surface area contributed by atoms with E-state index in [1.54, 1.807) is 68.4 Å². The predicted octanol–water partition coefficient (Wildman–Crippen LogP) is 6.48. The number of aryl methyl sites for hydroxylation is 1. The van der Waals surface area contributed by atoms with Crippen LogP contribution in [0.4, 0.5) is 5.69 Å². The minimum Gasteiger partial charge on any atom is -0.352 e. The molecule has 11 heteroatoms. The zero-order valence-electron chi connectivity index (χ0n) is 22.7. The van der Waals surface area contributed by atoms with Gasteiger partial charge in [0, 0.05) is 33.2 Å². The van der Waals surface area contributed by atoms with Gasteiger partial charge in [-0.2, -0.15) is 0 Å². The largest absolute Gasteiger partial charge is 0.352 e. The molecule has 0 spiro atoms.